The summed E-state index contributed by atoms with van der Waals surface area (Å²) in [5, 5.41) is 9.02. The van der Waals surface area contributed by atoms with Crippen LogP contribution in [0.1, 0.15) is 51.5 Å². The molecule has 0 aromatic heterocycles. The molecule has 3 rings (SSSR count). The molecule has 2 aliphatic rings. The van der Waals surface area contributed by atoms with Crippen LogP contribution in [0.5, 0.6) is 0 Å². The van der Waals surface area contributed by atoms with Crippen molar-refractivity contribution in [3.05, 3.63) is 42.2 Å². The second-order valence-corrected chi connectivity index (χ2v) is 10.5. The summed E-state index contributed by atoms with van der Waals surface area (Å²) in [6.45, 7) is 6.10. The highest BCUT2D eigenvalue weighted by Crippen LogP contribution is 2.24. The molecule has 170 valence electrons. The fourth-order valence-corrected chi connectivity index (χ4v) is 5.56. The van der Waals surface area contributed by atoms with Gasteiger partial charge >= 0.3 is 0 Å². The predicted molar refractivity (Wildman–Crippen MR) is 118 cm³/mol. The normalized spacial score (nSPS) is 24.2. The van der Waals surface area contributed by atoms with Crippen molar-refractivity contribution in [2.75, 3.05) is 0 Å². The Kier molecular flexibility index (Phi) is 7.38. The van der Waals surface area contributed by atoms with Gasteiger partial charge < -0.3 is 16.0 Å². The quantitative estimate of drug-likeness (QED) is 0.589. The Hall–Kier alpha value is -2.39. The Bertz CT molecular complexity index is 919. The first-order valence-electron chi connectivity index (χ1n) is 10.8. The van der Waals surface area contributed by atoms with E-state index in [2.05, 4.69) is 29.8 Å². The highest BCUT2D eigenvalue weighted by Gasteiger charge is 2.37. The molecular weight excluding hydrogens is 416 g/mol. The van der Waals surface area contributed by atoms with Crippen LogP contribution in [0.3, 0.4) is 0 Å². The van der Waals surface area contributed by atoms with Gasteiger partial charge in [0.1, 0.15) is 6.04 Å². The van der Waals surface area contributed by atoms with E-state index in [0.717, 1.165) is 35.6 Å². The van der Waals surface area contributed by atoms with Gasteiger partial charge in [-0.15, -0.1) is 0 Å². The third-order valence-corrected chi connectivity index (χ3v) is 7.49. The molecule has 0 saturated heterocycles. The Morgan fingerprint density at radius 3 is 2.35 bits per heavy atom. The van der Waals surface area contributed by atoms with Gasteiger partial charge in [-0.1, -0.05) is 31.5 Å². The Morgan fingerprint density at radius 2 is 1.74 bits per heavy atom. The smallest absolute Gasteiger partial charge is 0.264 e. The van der Waals surface area contributed by atoms with Gasteiger partial charge in [0.2, 0.25) is 11.8 Å². The number of carbonyl (C=O) groups excluding carboxylic acids is 2. The monoisotopic (exact) mass is 448 g/mol. The number of carbonyl (C=O) groups is 2. The number of nitrogens with zero attached hydrogens (tertiary/aromatic N) is 1. The minimum absolute atomic E-state index is 0.0436. The van der Waals surface area contributed by atoms with E-state index in [4.69, 9.17) is 0 Å². The molecule has 0 radical (unpaired) electrons. The summed E-state index contributed by atoms with van der Waals surface area (Å²) in [6.07, 6.45) is 6.03. The highest BCUT2D eigenvalue weighted by molar-refractivity contribution is 7.89. The maximum atomic E-state index is 13.1. The van der Waals surface area contributed by atoms with Gasteiger partial charge in [0, 0.05) is 30.5 Å². The fraction of sp³-hybridized carbons (Fsp3) is 0.545. The molecular formula is C22H32N4O4S. The van der Waals surface area contributed by atoms with E-state index in [1.165, 1.54) is 24.5 Å². The molecule has 3 N–H and O–H groups in total. The van der Waals surface area contributed by atoms with Crippen molar-refractivity contribution in [2.45, 2.75) is 81.9 Å². The van der Waals surface area contributed by atoms with Crippen LogP contribution in [-0.2, 0) is 19.6 Å². The molecule has 1 aromatic rings. The second-order valence-electron chi connectivity index (χ2n) is 8.63. The first-order chi connectivity index (χ1) is 14.7. The average molecular weight is 449 g/mol. The zero-order valence-corrected chi connectivity index (χ0v) is 19.1. The molecule has 1 saturated carbocycles. The molecule has 1 atom stereocenters. The largest absolute Gasteiger partial charge is 0.353 e. The summed E-state index contributed by atoms with van der Waals surface area (Å²) in [7, 11) is -3.96. The van der Waals surface area contributed by atoms with Crippen molar-refractivity contribution >= 4 is 21.8 Å². The van der Waals surface area contributed by atoms with E-state index in [-0.39, 0.29) is 23.3 Å². The summed E-state index contributed by atoms with van der Waals surface area (Å²) >= 11 is 0. The van der Waals surface area contributed by atoms with Crippen LogP contribution in [0.15, 0.2) is 41.6 Å². The number of rotatable bonds is 7. The SMILES string of the molecule is Cc1ccc(S(=O)(=O)N2C=CNC(=O)[C@H]2CC(=O)N[C@H]2CC[C@H](NC(C)C)CC2)cc1. The Labute approximate surface area is 184 Å². The number of nitrogens with one attached hydrogen (secondary N) is 3. The first-order valence-corrected chi connectivity index (χ1v) is 12.2. The Balaban J connectivity index is 1.65. The molecule has 0 unspecified atom stereocenters. The van der Waals surface area contributed by atoms with Crippen molar-refractivity contribution in [1.82, 2.24) is 20.3 Å². The van der Waals surface area contributed by atoms with Gasteiger partial charge in [-0.05, 0) is 44.7 Å². The lowest BCUT2D eigenvalue weighted by atomic mass is 9.90. The first kappa shape index (κ1) is 23.3. The second kappa shape index (κ2) is 9.82. The topological polar surface area (TPSA) is 108 Å². The van der Waals surface area contributed by atoms with E-state index < -0.39 is 22.0 Å². The maximum Gasteiger partial charge on any atom is 0.264 e. The molecule has 1 fully saturated rings. The number of benzene rings is 1. The molecule has 1 aliphatic carbocycles. The van der Waals surface area contributed by atoms with Crippen LogP contribution in [0.4, 0.5) is 0 Å². The molecule has 0 spiro atoms. The van der Waals surface area contributed by atoms with Crippen LogP contribution < -0.4 is 16.0 Å². The van der Waals surface area contributed by atoms with Crippen molar-refractivity contribution < 1.29 is 18.0 Å². The third kappa shape index (κ3) is 5.86. The number of hydrogen-bond donors (Lipinski definition) is 3. The molecule has 8 nitrogen and oxygen atoms in total. The Morgan fingerprint density at radius 1 is 1.13 bits per heavy atom. The molecule has 2 amide bonds. The number of aryl methyl sites for hydroxylation is 1. The van der Waals surface area contributed by atoms with Gasteiger partial charge in [-0.2, -0.15) is 0 Å². The zero-order chi connectivity index (χ0) is 22.6. The standard InChI is InChI=1S/C22H32N4O4S/c1-15(2)24-17-6-8-18(9-7-17)25-21(27)14-20-22(28)23-12-13-26(20)31(29,30)19-10-4-16(3)5-11-19/h4-5,10-13,15,17-18,20,24H,6-9,14H2,1-3H3,(H,23,28)(H,25,27)/t17-,18-,20-/m1/s1. The fourth-order valence-electron chi connectivity index (χ4n) is 4.11. The minimum Gasteiger partial charge on any atom is -0.353 e. The van der Waals surface area contributed by atoms with Crippen molar-refractivity contribution in [1.29, 1.82) is 0 Å². The van der Waals surface area contributed by atoms with Crippen molar-refractivity contribution in [2.24, 2.45) is 0 Å². The summed E-state index contributed by atoms with van der Waals surface area (Å²) in [4.78, 5) is 25.2. The lowest BCUT2D eigenvalue weighted by Gasteiger charge is -2.33. The summed E-state index contributed by atoms with van der Waals surface area (Å²) in [6, 6.07) is 6.21. The zero-order valence-electron chi connectivity index (χ0n) is 18.3. The van der Waals surface area contributed by atoms with Gasteiger partial charge in [0.25, 0.3) is 10.0 Å². The van der Waals surface area contributed by atoms with Crippen molar-refractivity contribution in [3.63, 3.8) is 0 Å². The molecule has 0 bridgehead atoms. The van der Waals surface area contributed by atoms with E-state index in [0.29, 0.717) is 12.1 Å². The lowest BCUT2D eigenvalue weighted by Crippen LogP contribution is -2.52. The van der Waals surface area contributed by atoms with E-state index in [1.54, 1.807) is 12.1 Å². The van der Waals surface area contributed by atoms with E-state index in [9.17, 15) is 18.0 Å². The summed E-state index contributed by atoms with van der Waals surface area (Å²) < 4.78 is 27.2. The highest BCUT2D eigenvalue weighted by atomic mass is 32.2. The van der Waals surface area contributed by atoms with Crippen LogP contribution in [-0.4, -0.2) is 48.7 Å². The molecule has 1 aliphatic heterocycles. The van der Waals surface area contributed by atoms with Gasteiger partial charge in [-0.3, -0.25) is 13.9 Å². The van der Waals surface area contributed by atoms with Crippen LogP contribution >= 0.6 is 0 Å². The van der Waals surface area contributed by atoms with Crippen LogP contribution in [0, 0.1) is 6.92 Å². The van der Waals surface area contributed by atoms with E-state index >= 15 is 0 Å². The lowest BCUT2D eigenvalue weighted by molar-refractivity contribution is -0.129. The maximum absolute atomic E-state index is 13.1. The van der Waals surface area contributed by atoms with Crippen LogP contribution in [0.25, 0.3) is 0 Å². The molecule has 9 heteroatoms. The average Bonchev–Trinajstić information content (AvgIpc) is 2.71. The molecule has 1 aromatic carbocycles. The minimum atomic E-state index is -3.96. The number of sulfonamides is 1. The number of hydrogen-bond acceptors (Lipinski definition) is 5. The molecule has 1 heterocycles. The van der Waals surface area contributed by atoms with E-state index in [1.807, 2.05) is 6.92 Å². The summed E-state index contributed by atoms with van der Waals surface area (Å²) in [5.74, 6) is -0.835. The molecule has 31 heavy (non-hydrogen) atoms. The predicted octanol–water partition coefficient (Wildman–Crippen LogP) is 1.77. The van der Waals surface area contributed by atoms with Crippen molar-refractivity contribution in [3.8, 4) is 0 Å². The van der Waals surface area contributed by atoms with Gasteiger partial charge in [-0.25, -0.2) is 8.42 Å². The third-order valence-electron chi connectivity index (χ3n) is 5.69. The number of amides is 2. The van der Waals surface area contributed by atoms with Crippen LogP contribution in [0.2, 0.25) is 0 Å². The summed E-state index contributed by atoms with van der Waals surface area (Å²) in [5.41, 5.74) is 0.931. The van der Waals surface area contributed by atoms with Gasteiger partial charge in [0.05, 0.1) is 11.3 Å². The van der Waals surface area contributed by atoms with Gasteiger partial charge in [0.15, 0.2) is 0 Å².